The standard InChI is InChI=1S/C22H24N4O4/c1-30-19(27)11-17-10-18(26-22(17)29)12-25-21(28)14-7-5-13(6-8-14)15-3-2-4-16(9-15)20(23)24/h2-9,17-18H,10-12H2,1H3,(H3,23,24)(H,25,28)(H,26,29)/t17-,18-/m0/s1. The summed E-state index contributed by atoms with van der Waals surface area (Å²) >= 11 is 0. The van der Waals surface area contributed by atoms with Gasteiger partial charge in [0.2, 0.25) is 5.91 Å². The van der Waals surface area contributed by atoms with Gasteiger partial charge >= 0.3 is 5.97 Å². The van der Waals surface area contributed by atoms with Crippen LogP contribution in [0.2, 0.25) is 0 Å². The Bertz CT molecular complexity index is 971. The molecule has 1 fully saturated rings. The fourth-order valence-electron chi connectivity index (χ4n) is 3.42. The zero-order chi connectivity index (χ0) is 21.7. The second-order valence-electron chi connectivity index (χ2n) is 7.20. The summed E-state index contributed by atoms with van der Waals surface area (Å²) in [5.41, 5.74) is 8.48. The van der Waals surface area contributed by atoms with Gasteiger partial charge < -0.3 is 21.1 Å². The first kappa shape index (κ1) is 21.0. The molecule has 30 heavy (non-hydrogen) atoms. The highest BCUT2D eigenvalue weighted by Crippen LogP contribution is 2.22. The lowest BCUT2D eigenvalue weighted by atomic mass is 10.0. The van der Waals surface area contributed by atoms with E-state index in [0.717, 1.165) is 11.1 Å². The zero-order valence-electron chi connectivity index (χ0n) is 16.6. The van der Waals surface area contributed by atoms with Gasteiger partial charge in [0.15, 0.2) is 0 Å². The lowest BCUT2D eigenvalue weighted by molar-refractivity contribution is -0.143. The molecule has 8 nitrogen and oxygen atoms in total. The van der Waals surface area contributed by atoms with E-state index in [-0.39, 0.29) is 36.7 Å². The van der Waals surface area contributed by atoms with E-state index in [9.17, 15) is 14.4 Å². The molecule has 0 saturated carbocycles. The highest BCUT2D eigenvalue weighted by atomic mass is 16.5. The molecule has 0 bridgehead atoms. The monoisotopic (exact) mass is 408 g/mol. The number of ether oxygens (including phenoxy) is 1. The first-order chi connectivity index (χ1) is 14.4. The van der Waals surface area contributed by atoms with Crippen molar-refractivity contribution < 1.29 is 19.1 Å². The minimum Gasteiger partial charge on any atom is -0.469 e. The molecule has 0 radical (unpaired) electrons. The van der Waals surface area contributed by atoms with Crippen molar-refractivity contribution in [1.29, 1.82) is 5.41 Å². The van der Waals surface area contributed by atoms with Crippen molar-refractivity contribution in [2.24, 2.45) is 11.7 Å². The van der Waals surface area contributed by atoms with Crippen LogP contribution in [0.4, 0.5) is 0 Å². The van der Waals surface area contributed by atoms with Crippen molar-refractivity contribution in [2.45, 2.75) is 18.9 Å². The predicted molar refractivity (Wildman–Crippen MR) is 112 cm³/mol. The largest absolute Gasteiger partial charge is 0.469 e. The molecule has 1 aliphatic rings. The maximum Gasteiger partial charge on any atom is 0.306 e. The predicted octanol–water partition coefficient (Wildman–Crippen LogP) is 1.44. The van der Waals surface area contributed by atoms with E-state index in [4.69, 9.17) is 11.1 Å². The van der Waals surface area contributed by atoms with Crippen molar-refractivity contribution in [3.8, 4) is 11.1 Å². The molecule has 2 atom stereocenters. The topological polar surface area (TPSA) is 134 Å². The number of nitrogen functional groups attached to an aromatic ring is 1. The number of rotatable bonds is 7. The van der Waals surface area contributed by atoms with Gasteiger partial charge in [-0.2, -0.15) is 0 Å². The molecule has 3 rings (SSSR count). The fraction of sp³-hybridized carbons (Fsp3) is 0.273. The molecular weight excluding hydrogens is 384 g/mol. The van der Waals surface area contributed by atoms with Crippen LogP contribution in [-0.4, -0.2) is 43.3 Å². The summed E-state index contributed by atoms with van der Waals surface area (Å²) in [5.74, 6) is -1.29. The molecule has 1 saturated heterocycles. The average Bonchev–Trinajstić information content (AvgIpc) is 3.11. The van der Waals surface area contributed by atoms with Crippen LogP contribution in [0.3, 0.4) is 0 Å². The van der Waals surface area contributed by atoms with Gasteiger partial charge in [0.05, 0.1) is 19.4 Å². The van der Waals surface area contributed by atoms with Crippen LogP contribution in [0.15, 0.2) is 48.5 Å². The third-order valence-corrected chi connectivity index (χ3v) is 5.09. The van der Waals surface area contributed by atoms with E-state index in [2.05, 4.69) is 15.4 Å². The number of carbonyl (C=O) groups excluding carboxylic acids is 3. The van der Waals surface area contributed by atoms with E-state index in [1.54, 1.807) is 18.2 Å². The molecule has 0 unspecified atom stereocenters. The van der Waals surface area contributed by atoms with Crippen molar-refractivity contribution in [1.82, 2.24) is 10.6 Å². The number of nitrogens with one attached hydrogen (secondary N) is 3. The Kier molecular flexibility index (Phi) is 6.46. The minimum atomic E-state index is -0.426. The summed E-state index contributed by atoms with van der Waals surface area (Å²) in [5, 5.41) is 13.2. The maximum atomic E-state index is 12.4. The zero-order valence-corrected chi connectivity index (χ0v) is 16.6. The summed E-state index contributed by atoms with van der Waals surface area (Å²) in [6.07, 6.45) is 0.513. The van der Waals surface area contributed by atoms with Crippen molar-refractivity contribution >= 4 is 23.6 Å². The fourth-order valence-corrected chi connectivity index (χ4v) is 3.42. The Hall–Kier alpha value is -3.68. The molecule has 0 aromatic heterocycles. The number of carbonyl (C=O) groups is 3. The lowest BCUT2D eigenvalue weighted by Gasteiger charge is -2.12. The van der Waals surface area contributed by atoms with Gasteiger partial charge in [-0.3, -0.25) is 19.8 Å². The van der Waals surface area contributed by atoms with Crippen LogP contribution < -0.4 is 16.4 Å². The molecule has 1 heterocycles. The number of esters is 1. The first-order valence-corrected chi connectivity index (χ1v) is 9.57. The quantitative estimate of drug-likeness (QED) is 0.312. The molecule has 2 aromatic rings. The first-order valence-electron chi connectivity index (χ1n) is 9.57. The third kappa shape index (κ3) is 5.02. The van der Waals surface area contributed by atoms with E-state index >= 15 is 0 Å². The van der Waals surface area contributed by atoms with Crippen LogP contribution in [0.5, 0.6) is 0 Å². The maximum absolute atomic E-state index is 12.4. The molecule has 0 spiro atoms. The SMILES string of the molecule is COC(=O)C[C@@H]1C[C@@H](CNC(=O)c2ccc(-c3cccc(C(=N)N)c3)cc2)NC1=O. The van der Waals surface area contributed by atoms with Gasteiger partial charge in [-0.25, -0.2) is 0 Å². The van der Waals surface area contributed by atoms with Crippen molar-refractivity contribution in [2.75, 3.05) is 13.7 Å². The Morgan fingerprint density at radius 2 is 1.90 bits per heavy atom. The molecular formula is C22H24N4O4. The number of nitrogens with two attached hydrogens (primary N) is 1. The number of amidine groups is 1. The number of benzene rings is 2. The van der Waals surface area contributed by atoms with E-state index in [1.165, 1.54) is 7.11 Å². The van der Waals surface area contributed by atoms with E-state index in [0.29, 0.717) is 17.5 Å². The normalized spacial score (nSPS) is 17.8. The third-order valence-electron chi connectivity index (χ3n) is 5.09. The van der Waals surface area contributed by atoms with Crippen molar-refractivity contribution in [3.05, 3.63) is 59.7 Å². The van der Waals surface area contributed by atoms with Gasteiger partial charge in [0, 0.05) is 23.7 Å². The molecule has 5 N–H and O–H groups in total. The van der Waals surface area contributed by atoms with E-state index in [1.807, 2.05) is 30.3 Å². The summed E-state index contributed by atoms with van der Waals surface area (Å²) < 4.78 is 4.61. The van der Waals surface area contributed by atoms with Crippen molar-refractivity contribution in [3.63, 3.8) is 0 Å². The number of hydrogen-bond acceptors (Lipinski definition) is 5. The number of methoxy groups -OCH3 is 1. The van der Waals surface area contributed by atoms with Crippen LogP contribution >= 0.6 is 0 Å². The van der Waals surface area contributed by atoms with Gasteiger partial charge in [-0.05, 0) is 35.7 Å². The summed E-state index contributed by atoms with van der Waals surface area (Å²) in [6, 6.07) is 14.2. The molecule has 8 heteroatoms. The molecule has 1 aliphatic heterocycles. The van der Waals surface area contributed by atoms with Crippen LogP contribution in [0.1, 0.15) is 28.8 Å². The number of amides is 2. The number of hydrogen-bond donors (Lipinski definition) is 4. The summed E-state index contributed by atoms with van der Waals surface area (Å²) in [6.45, 7) is 0.282. The highest BCUT2D eigenvalue weighted by molar-refractivity contribution is 5.97. The Morgan fingerprint density at radius 1 is 1.17 bits per heavy atom. The van der Waals surface area contributed by atoms with Gasteiger partial charge in [0.25, 0.3) is 5.91 Å². The Morgan fingerprint density at radius 3 is 2.57 bits per heavy atom. The molecule has 2 aromatic carbocycles. The second-order valence-corrected chi connectivity index (χ2v) is 7.20. The highest BCUT2D eigenvalue weighted by Gasteiger charge is 2.33. The van der Waals surface area contributed by atoms with Crippen LogP contribution in [0, 0.1) is 11.3 Å². The molecule has 0 aliphatic carbocycles. The molecule has 2 amide bonds. The summed E-state index contributed by atoms with van der Waals surface area (Å²) in [4.78, 5) is 35.7. The minimum absolute atomic E-state index is 0.000627. The Labute approximate surface area is 174 Å². The smallest absolute Gasteiger partial charge is 0.306 e. The van der Waals surface area contributed by atoms with Gasteiger partial charge in [-0.1, -0.05) is 30.3 Å². The average molecular weight is 408 g/mol. The summed E-state index contributed by atoms with van der Waals surface area (Å²) in [7, 11) is 1.29. The molecule has 156 valence electrons. The second kappa shape index (κ2) is 9.21. The van der Waals surface area contributed by atoms with E-state index < -0.39 is 11.9 Å². The van der Waals surface area contributed by atoms with Crippen LogP contribution in [0.25, 0.3) is 11.1 Å². The van der Waals surface area contributed by atoms with Crippen LogP contribution in [-0.2, 0) is 14.3 Å². The van der Waals surface area contributed by atoms with Gasteiger partial charge in [0.1, 0.15) is 5.84 Å². The lowest BCUT2D eigenvalue weighted by Crippen LogP contribution is -2.38. The van der Waals surface area contributed by atoms with Gasteiger partial charge in [-0.15, -0.1) is 0 Å². The Balaban J connectivity index is 1.57.